The number of hydrogen-bond acceptors (Lipinski definition) is 4. The van der Waals surface area contributed by atoms with Crippen LogP contribution in [0.25, 0.3) is 0 Å². The highest BCUT2D eigenvalue weighted by Gasteiger charge is 2.36. The summed E-state index contributed by atoms with van der Waals surface area (Å²) >= 11 is 2.90. The molecule has 1 heterocycles. The molecule has 1 rings (SSSR count). The van der Waals surface area contributed by atoms with E-state index in [9.17, 15) is 19.2 Å². The number of carbonyl (C=O) groups is 4. The minimum absolute atomic E-state index is 0.0284. The van der Waals surface area contributed by atoms with E-state index in [4.69, 9.17) is 5.11 Å². The number of carbonyl (C=O) groups excluding carboxylic acids is 3. The van der Waals surface area contributed by atoms with Crippen molar-refractivity contribution in [2.75, 3.05) is 5.33 Å². The molecule has 17 heavy (non-hydrogen) atoms. The molecule has 1 atom stereocenters. The maximum Gasteiger partial charge on any atom is 0.307 e. The first-order valence-electron chi connectivity index (χ1n) is 4.87. The number of imide groups is 1. The summed E-state index contributed by atoms with van der Waals surface area (Å²) in [5.41, 5.74) is 0. The van der Waals surface area contributed by atoms with E-state index in [1.165, 1.54) is 0 Å². The molecule has 0 spiro atoms. The maximum atomic E-state index is 11.4. The molecule has 0 aromatic rings. The molecule has 0 aromatic heterocycles. The van der Waals surface area contributed by atoms with Crippen molar-refractivity contribution in [1.82, 2.24) is 10.2 Å². The van der Waals surface area contributed by atoms with Gasteiger partial charge in [-0.25, -0.2) is 0 Å². The third-order valence-corrected chi connectivity index (χ3v) is 2.73. The Balaban J connectivity index is 2.81. The van der Waals surface area contributed by atoms with Gasteiger partial charge >= 0.3 is 5.97 Å². The van der Waals surface area contributed by atoms with Gasteiger partial charge in [0.25, 0.3) is 0 Å². The second-order valence-electron chi connectivity index (χ2n) is 3.47. The minimum atomic E-state index is -1.20. The normalized spacial score (nSPS) is 17.1. The molecule has 1 aliphatic rings. The molecule has 0 saturated carbocycles. The van der Waals surface area contributed by atoms with Crippen molar-refractivity contribution in [1.29, 1.82) is 0 Å². The van der Waals surface area contributed by atoms with Crippen molar-refractivity contribution < 1.29 is 24.3 Å². The number of nitrogens with zero attached hydrogens (tertiary/aromatic N) is 1. The van der Waals surface area contributed by atoms with Crippen LogP contribution in [0.3, 0.4) is 0 Å². The Kier molecular flexibility index (Phi) is 4.62. The number of carboxylic acid groups (broad SMARTS) is 1. The number of aliphatic carboxylic acids is 1. The molecular formula is C9H11BrN2O5. The van der Waals surface area contributed by atoms with Crippen LogP contribution in [0, 0.1) is 0 Å². The minimum Gasteiger partial charge on any atom is -0.481 e. The number of amides is 3. The first-order valence-corrected chi connectivity index (χ1v) is 6.00. The van der Waals surface area contributed by atoms with E-state index in [0.717, 1.165) is 4.90 Å². The van der Waals surface area contributed by atoms with E-state index in [1.807, 2.05) is 0 Å². The van der Waals surface area contributed by atoms with E-state index in [2.05, 4.69) is 21.2 Å². The van der Waals surface area contributed by atoms with Gasteiger partial charge in [0.1, 0.15) is 6.17 Å². The number of alkyl halides is 1. The zero-order valence-corrected chi connectivity index (χ0v) is 10.4. The first kappa shape index (κ1) is 13.6. The van der Waals surface area contributed by atoms with Crippen LogP contribution in [0.2, 0.25) is 0 Å². The molecule has 1 unspecified atom stereocenters. The smallest absolute Gasteiger partial charge is 0.307 e. The lowest BCUT2D eigenvalue weighted by molar-refractivity contribution is -0.145. The molecule has 7 nitrogen and oxygen atoms in total. The molecule has 3 amide bonds. The maximum absolute atomic E-state index is 11.4. The highest BCUT2D eigenvalue weighted by molar-refractivity contribution is 9.09. The van der Waals surface area contributed by atoms with E-state index in [0.29, 0.717) is 0 Å². The van der Waals surface area contributed by atoms with Gasteiger partial charge in [0.15, 0.2) is 0 Å². The van der Waals surface area contributed by atoms with Gasteiger partial charge in [0, 0.05) is 12.8 Å². The fraction of sp³-hybridized carbons (Fsp3) is 0.556. The van der Waals surface area contributed by atoms with Crippen LogP contribution in [-0.4, -0.2) is 45.2 Å². The summed E-state index contributed by atoms with van der Waals surface area (Å²) in [6.45, 7) is 0. The third kappa shape index (κ3) is 3.52. The molecule has 1 fully saturated rings. The van der Waals surface area contributed by atoms with Crippen molar-refractivity contribution in [3.8, 4) is 0 Å². The lowest BCUT2D eigenvalue weighted by atomic mass is 10.3. The van der Waals surface area contributed by atoms with Crippen molar-refractivity contribution in [2.45, 2.75) is 25.4 Å². The Labute approximate surface area is 105 Å². The molecule has 0 bridgehead atoms. The summed E-state index contributed by atoms with van der Waals surface area (Å²) in [6.07, 6.45) is -1.51. The van der Waals surface area contributed by atoms with Gasteiger partial charge in [-0.05, 0) is 0 Å². The summed E-state index contributed by atoms with van der Waals surface area (Å²) in [5, 5.41) is 11.0. The second kappa shape index (κ2) is 5.76. The predicted octanol–water partition coefficient (Wildman–Crippen LogP) is -0.553. The second-order valence-corrected chi connectivity index (χ2v) is 4.03. The lowest BCUT2D eigenvalue weighted by Crippen LogP contribution is -2.51. The van der Waals surface area contributed by atoms with Crippen molar-refractivity contribution in [3.05, 3.63) is 0 Å². The molecule has 1 aliphatic heterocycles. The zero-order chi connectivity index (χ0) is 13.0. The topological polar surface area (TPSA) is 104 Å². The Morgan fingerprint density at radius 2 is 1.88 bits per heavy atom. The quantitative estimate of drug-likeness (QED) is 0.524. The van der Waals surface area contributed by atoms with Gasteiger partial charge in [-0.15, -0.1) is 0 Å². The number of halogens is 1. The van der Waals surface area contributed by atoms with Crippen molar-refractivity contribution in [3.63, 3.8) is 0 Å². The van der Waals surface area contributed by atoms with Crippen LogP contribution in [0.5, 0.6) is 0 Å². The number of rotatable bonds is 5. The molecule has 0 radical (unpaired) electrons. The molecule has 8 heteroatoms. The van der Waals surface area contributed by atoms with E-state index < -0.39 is 36.3 Å². The Hall–Kier alpha value is -1.44. The van der Waals surface area contributed by atoms with Gasteiger partial charge in [-0.3, -0.25) is 24.1 Å². The standard InChI is InChI=1S/C9H11BrN2O5/c10-4-6(13)11-5(3-9(16)17)12-7(14)1-2-8(12)15/h5H,1-4H2,(H,11,13)(H,16,17). The average Bonchev–Trinajstić information content (AvgIpc) is 2.56. The van der Waals surface area contributed by atoms with Crippen LogP contribution >= 0.6 is 15.9 Å². The molecule has 2 N–H and O–H groups in total. The summed E-state index contributed by atoms with van der Waals surface area (Å²) in [6, 6.07) is 0. The van der Waals surface area contributed by atoms with Gasteiger partial charge < -0.3 is 10.4 Å². The Morgan fingerprint density at radius 1 is 1.35 bits per heavy atom. The molecular weight excluding hydrogens is 296 g/mol. The van der Waals surface area contributed by atoms with Crippen molar-refractivity contribution in [2.24, 2.45) is 0 Å². The number of likely N-dealkylation sites (tertiary alicyclic amines) is 1. The van der Waals surface area contributed by atoms with Gasteiger partial charge in [-0.1, -0.05) is 15.9 Å². The first-order chi connectivity index (χ1) is 7.95. The van der Waals surface area contributed by atoms with Gasteiger partial charge in [0.2, 0.25) is 17.7 Å². The number of nitrogens with one attached hydrogen (secondary N) is 1. The SMILES string of the molecule is O=C(O)CC(NC(=O)CBr)N1C(=O)CCC1=O. The Bertz CT molecular complexity index is 354. The fourth-order valence-electron chi connectivity index (χ4n) is 1.54. The number of carboxylic acids is 1. The summed E-state index contributed by atoms with van der Waals surface area (Å²) in [4.78, 5) is 45.5. The highest BCUT2D eigenvalue weighted by Crippen LogP contribution is 2.16. The summed E-state index contributed by atoms with van der Waals surface area (Å²) < 4.78 is 0. The van der Waals surface area contributed by atoms with Crippen LogP contribution in [0.15, 0.2) is 0 Å². The van der Waals surface area contributed by atoms with Crippen LogP contribution in [-0.2, 0) is 19.2 Å². The highest BCUT2D eigenvalue weighted by atomic mass is 79.9. The summed E-state index contributed by atoms with van der Waals surface area (Å²) in [7, 11) is 0. The predicted molar refractivity (Wildman–Crippen MR) is 59.1 cm³/mol. The van der Waals surface area contributed by atoms with E-state index in [-0.39, 0.29) is 18.2 Å². The molecule has 0 aliphatic carbocycles. The third-order valence-electron chi connectivity index (χ3n) is 2.22. The van der Waals surface area contributed by atoms with Crippen molar-refractivity contribution >= 4 is 39.6 Å². The summed E-state index contributed by atoms with van der Waals surface area (Å²) in [5.74, 6) is -2.60. The zero-order valence-electron chi connectivity index (χ0n) is 8.81. The van der Waals surface area contributed by atoms with Crippen LogP contribution in [0.4, 0.5) is 0 Å². The van der Waals surface area contributed by atoms with Crippen LogP contribution < -0.4 is 5.32 Å². The average molecular weight is 307 g/mol. The molecule has 94 valence electrons. The number of hydrogen-bond donors (Lipinski definition) is 2. The molecule has 1 saturated heterocycles. The lowest BCUT2D eigenvalue weighted by Gasteiger charge is -2.25. The van der Waals surface area contributed by atoms with E-state index >= 15 is 0 Å². The van der Waals surface area contributed by atoms with Crippen LogP contribution in [0.1, 0.15) is 19.3 Å². The van der Waals surface area contributed by atoms with Gasteiger partial charge in [-0.2, -0.15) is 0 Å². The Morgan fingerprint density at radius 3 is 2.29 bits per heavy atom. The monoisotopic (exact) mass is 306 g/mol. The fourth-order valence-corrected chi connectivity index (χ4v) is 1.70. The largest absolute Gasteiger partial charge is 0.481 e. The van der Waals surface area contributed by atoms with Gasteiger partial charge in [0.05, 0.1) is 11.8 Å². The molecule has 0 aromatic carbocycles. The van der Waals surface area contributed by atoms with E-state index in [1.54, 1.807) is 0 Å².